The molecule has 0 aliphatic heterocycles. The molecule has 0 spiro atoms. The number of nitrogen functional groups attached to an aromatic ring is 1. The van der Waals surface area contributed by atoms with Crippen LogP contribution in [0.3, 0.4) is 0 Å². The summed E-state index contributed by atoms with van der Waals surface area (Å²) < 4.78 is 52.8. The van der Waals surface area contributed by atoms with Gasteiger partial charge in [0.05, 0.1) is 36.9 Å². The number of pyridine rings is 1. The van der Waals surface area contributed by atoms with E-state index in [0.29, 0.717) is 53.7 Å². The number of imidazole rings is 1. The first-order valence-corrected chi connectivity index (χ1v) is 11.8. The molecule has 0 saturated carbocycles. The smallest absolute Gasteiger partial charge is 0.419 e. The molecule has 0 unspecified atom stereocenters. The van der Waals surface area contributed by atoms with Gasteiger partial charge in [0.15, 0.2) is 17.1 Å². The summed E-state index contributed by atoms with van der Waals surface area (Å²) >= 11 is 0. The lowest BCUT2D eigenvalue weighted by Crippen LogP contribution is -2.29. The monoisotopic (exact) mass is 528 g/mol. The number of hydrogen-bond acceptors (Lipinski definition) is 7. The van der Waals surface area contributed by atoms with E-state index in [1.807, 2.05) is 13.8 Å². The first-order valence-electron chi connectivity index (χ1n) is 11.8. The number of ether oxygens (including phenoxy) is 2. The second-order valence-corrected chi connectivity index (χ2v) is 8.80. The minimum atomic E-state index is -4.64. The molecule has 9 nitrogen and oxygen atoms in total. The number of hydrogen-bond donors (Lipinski definition) is 2. The second kappa shape index (κ2) is 11.0. The van der Waals surface area contributed by atoms with Crippen molar-refractivity contribution < 1.29 is 27.4 Å². The molecule has 38 heavy (non-hydrogen) atoms. The highest BCUT2D eigenvalue weighted by atomic mass is 19.4. The number of anilines is 1. The van der Waals surface area contributed by atoms with Crippen molar-refractivity contribution in [2.24, 2.45) is 5.92 Å². The summed E-state index contributed by atoms with van der Waals surface area (Å²) in [5.41, 5.74) is 6.61. The number of nitrogens with one attached hydrogen (secondary N) is 1. The van der Waals surface area contributed by atoms with Crippen LogP contribution < -0.4 is 20.5 Å². The Kier molecular flexibility index (Phi) is 7.70. The van der Waals surface area contributed by atoms with Crippen molar-refractivity contribution in [3.8, 4) is 34.0 Å². The fraction of sp³-hybridized carbons (Fsp3) is 0.308. The largest absolute Gasteiger partial charge is 0.493 e. The number of nitrogens with zero attached hydrogens (tertiary/aromatic N) is 4. The van der Waals surface area contributed by atoms with E-state index in [2.05, 4.69) is 20.4 Å². The Morgan fingerprint density at radius 3 is 2.58 bits per heavy atom. The Bertz CT molecular complexity index is 1450. The zero-order valence-corrected chi connectivity index (χ0v) is 21.0. The Labute approximate surface area is 216 Å². The van der Waals surface area contributed by atoms with Crippen LogP contribution in [-0.4, -0.2) is 45.8 Å². The standard InChI is InChI=1S/C26H27F3N6O3/c1-15(2)25(36)31-9-4-10-38-21-7-5-16(12-22(21)37-3)19-6-8-23-32-14-20(35(23)34-19)17-11-18(26(27,28)29)24(30)33-13-17/h5-8,11-15H,4,9-10H2,1-3H3,(H2,30,33)(H,31,36). The fourth-order valence-corrected chi connectivity index (χ4v) is 3.68. The zero-order chi connectivity index (χ0) is 27.4. The van der Waals surface area contributed by atoms with Crippen molar-refractivity contribution in [3.63, 3.8) is 0 Å². The van der Waals surface area contributed by atoms with Crippen LogP contribution in [-0.2, 0) is 11.0 Å². The number of rotatable bonds is 9. The molecule has 0 fully saturated rings. The molecule has 12 heteroatoms. The number of alkyl halides is 3. The Morgan fingerprint density at radius 1 is 1.08 bits per heavy atom. The fourth-order valence-electron chi connectivity index (χ4n) is 3.68. The summed E-state index contributed by atoms with van der Waals surface area (Å²) in [7, 11) is 1.52. The molecule has 0 radical (unpaired) electrons. The first-order chi connectivity index (χ1) is 18.1. The third-order valence-electron chi connectivity index (χ3n) is 5.74. The lowest BCUT2D eigenvalue weighted by molar-refractivity contribution is -0.137. The summed E-state index contributed by atoms with van der Waals surface area (Å²) in [6.45, 7) is 4.55. The van der Waals surface area contributed by atoms with Crippen molar-refractivity contribution in [2.45, 2.75) is 26.4 Å². The average molecular weight is 529 g/mol. The SMILES string of the molecule is COc1cc(-c2ccc3ncc(-c4cnc(N)c(C(F)(F)F)c4)n3n2)ccc1OCCCNC(=O)C(C)C. The molecular formula is C26H27F3N6O3. The second-order valence-electron chi connectivity index (χ2n) is 8.80. The minimum Gasteiger partial charge on any atom is -0.493 e. The van der Waals surface area contributed by atoms with E-state index in [4.69, 9.17) is 15.2 Å². The molecule has 0 atom stereocenters. The number of amides is 1. The maximum atomic E-state index is 13.4. The number of benzene rings is 1. The van der Waals surface area contributed by atoms with Gasteiger partial charge >= 0.3 is 6.18 Å². The van der Waals surface area contributed by atoms with Crippen LogP contribution in [0.25, 0.3) is 28.2 Å². The molecule has 3 N–H and O–H groups in total. The Balaban J connectivity index is 1.56. The van der Waals surface area contributed by atoms with Gasteiger partial charge in [0.25, 0.3) is 0 Å². The van der Waals surface area contributed by atoms with E-state index in [1.165, 1.54) is 24.0 Å². The van der Waals surface area contributed by atoms with Crippen LogP contribution in [0.2, 0.25) is 0 Å². The normalized spacial score (nSPS) is 11.7. The van der Waals surface area contributed by atoms with Crippen molar-refractivity contribution in [1.82, 2.24) is 24.9 Å². The topological polar surface area (TPSA) is 117 Å². The molecular weight excluding hydrogens is 501 g/mol. The quantitative estimate of drug-likeness (QED) is 0.305. The Hall–Kier alpha value is -4.35. The minimum absolute atomic E-state index is 0.00842. The zero-order valence-electron chi connectivity index (χ0n) is 21.0. The van der Waals surface area contributed by atoms with E-state index in [1.54, 1.807) is 30.3 Å². The highest BCUT2D eigenvalue weighted by Gasteiger charge is 2.34. The van der Waals surface area contributed by atoms with Crippen LogP contribution in [0.1, 0.15) is 25.8 Å². The number of methoxy groups -OCH3 is 1. The number of aromatic nitrogens is 4. The summed E-state index contributed by atoms with van der Waals surface area (Å²) in [6.07, 6.45) is -1.33. The molecule has 0 bridgehead atoms. The third kappa shape index (κ3) is 5.79. The molecule has 4 aromatic rings. The average Bonchev–Trinajstić information content (AvgIpc) is 3.31. The van der Waals surface area contributed by atoms with Gasteiger partial charge in [-0.15, -0.1) is 0 Å². The molecule has 4 rings (SSSR count). The van der Waals surface area contributed by atoms with Gasteiger partial charge in [-0.1, -0.05) is 13.8 Å². The summed E-state index contributed by atoms with van der Waals surface area (Å²) in [5, 5.41) is 7.43. The number of halogens is 3. The molecule has 1 aromatic carbocycles. The van der Waals surface area contributed by atoms with Gasteiger partial charge in [0, 0.05) is 29.8 Å². The predicted octanol–water partition coefficient (Wildman–Crippen LogP) is 4.61. The van der Waals surface area contributed by atoms with Gasteiger partial charge in [0.1, 0.15) is 5.82 Å². The molecule has 0 saturated heterocycles. The van der Waals surface area contributed by atoms with E-state index in [9.17, 15) is 18.0 Å². The molecule has 200 valence electrons. The van der Waals surface area contributed by atoms with Crippen molar-refractivity contribution in [3.05, 3.63) is 54.4 Å². The van der Waals surface area contributed by atoms with Gasteiger partial charge < -0.3 is 20.5 Å². The molecule has 3 heterocycles. The highest BCUT2D eigenvalue weighted by molar-refractivity contribution is 5.77. The van der Waals surface area contributed by atoms with Gasteiger partial charge in [0.2, 0.25) is 5.91 Å². The van der Waals surface area contributed by atoms with Gasteiger partial charge in [-0.25, -0.2) is 14.5 Å². The van der Waals surface area contributed by atoms with Crippen molar-refractivity contribution in [1.29, 1.82) is 0 Å². The lowest BCUT2D eigenvalue weighted by Gasteiger charge is -2.13. The van der Waals surface area contributed by atoms with Crippen LogP contribution in [0.5, 0.6) is 11.5 Å². The van der Waals surface area contributed by atoms with Gasteiger partial charge in [-0.2, -0.15) is 18.3 Å². The van der Waals surface area contributed by atoms with E-state index >= 15 is 0 Å². The Morgan fingerprint density at radius 2 is 1.87 bits per heavy atom. The van der Waals surface area contributed by atoms with E-state index < -0.39 is 17.6 Å². The number of nitrogens with two attached hydrogens (primary N) is 1. The summed E-state index contributed by atoms with van der Waals surface area (Å²) in [4.78, 5) is 19.6. The first kappa shape index (κ1) is 26.7. The summed E-state index contributed by atoms with van der Waals surface area (Å²) in [5.74, 6) is 0.335. The maximum Gasteiger partial charge on any atom is 0.419 e. The maximum absolute atomic E-state index is 13.4. The van der Waals surface area contributed by atoms with Crippen LogP contribution in [0.4, 0.5) is 19.0 Å². The highest BCUT2D eigenvalue weighted by Crippen LogP contribution is 2.36. The number of carbonyl (C=O) groups is 1. The van der Waals surface area contributed by atoms with Crippen molar-refractivity contribution in [2.75, 3.05) is 26.0 Å². The number of fused-ring (bicyclic) bond motifs is 1. The van der Waals surface area contributed by atoms with Gasteiger partial charge in [-0.05, 0) is 42.8 Å². The predicted molar refractivity (Wildman–Crippen MR) is 136 cm³/mol. The van der Waals surface area contributed by atoms with Gasteiger partial charge in [-0.3, -0.25) is 4.79 Å². The van der Waals surface area contributed by atoms with E-state index in [0.717, 1.165) is 6.07 Å². The van der Waals surface area contributed by atoms with Crippen LogP contribution in [0, 0.1) is 5.92 Å². The molecule has 0 aliphatic carbocycles. The van der Waals surface area contributed by atoms with E-state index in [-0.39, 0.29) is 17.4 Å². The summed E-state index contributed by atoms with van der Waals surface area (Å²) in [6, 6.07) is 9.71. The molecule has 0 aliphatic rings. The van der Waals surface area contributed by atoms with Crippen molar-refractivity contribution >= 4 is 17.4 Å². The van der Waals surface area contributed by atoms with Crippen LogP contribution in [0.15, 0.2) is 48.8 Å². The number of carbonyl (C=O) groups excluding carboxylic acids is 1. The molecule has 3 aromatic heterocycles. The lowest BCUT2D eigenvalue weighted by atomic mass is 10.1. The third-order valence-corrected chi connectivity index (χ3v) is 5.74. The van der Waals surface area contributed by atoms with Crippen LogP contribution >= 0.6 is 0 Å². The molecule has 1 amide bonds.